The van der Waals surface area contributed by atoms with Gasteiger partial charge in [-0.15, -0.1) is 12.4 Å². The highest BCUT2D eigenvalue weighted by atomic mass is 35.5. The fourth-order valence-corrected chi connectivity index (χ4v) is 2.08. The van der Waals surface area contributed by atoms with Crippen LogP contribution in [0.4, 0.5) is 0 Å². The smallest absolute Gasteiger partial charge is 0.270 e. The maximum absolute atomic E-state index is 12.0. The number of aromatic amines is 1. The first kappa shape index (κ1) is 13.1. The Labute approximate surface area is 102 Å². The van der Waals surface area contributed by atoms with Crippen LogP contribution in [-0.4, -0.2) is 35.4 Å². The van der Waals surface area contributed by atoms with Crippen molar-refractivity contribution >= 4 is 18.3 Å². The van der Waals surface area contributed by atoms with E-state index < -0.39 is 0 Å². The fourth-order valence-electron chi connectivity index (χ4n) is 2.08. The molecule has 1 unspecified atom stereocenters. The van der Waals surface area contributed by atoms with E-state index in [0.717, 1.165) is 25.9 Å². The number of H-pyrrole nitrogens is 1. The van der Waals surface area contributed by atoms with Gasteiger partial charge in [-0.3, -0.25) is 4.79 Å². The van der Waals surface area contributed by atoms with E-state index in [1.54, 1.807) is 6.20 Å². The summed E-state index contributed by atoms with van der Waals surface area (Å²) in [5.41, 5.74) is 6.31. The summed E-state index contributed by atoms with van der Waals surface area (Å²) in [5, 5.41) is 0. The SMILES string of the molecule is Cl.NCC1CCCN(C(=O)c2ccc[nH]2)C1. The number of likely N-dealkylation sites (tertiary alicyclic amines) is 1. The zero-order chi connectivity index (χ0) is 10.7. The van der Waals surface area contributed by atoms with E-state index in [1.807, 2.05) is 17.0 Å². The molecule has 1 aliphatic rings. The molecule has 2 rings (SSSR count). The molecule has 16 heavy (non-hydrogen) atoms. The van der Waals surface area contributed by atoms with Gasteiger partial charge in [-0.05, 0) is 37.4 Å². The van der Waals surface area contributed by atoms with Gasteiger partial charge in [0.05, 0.1) is 0 Å². The number of nitrogens with two attached hydrogens (primary N) is 1. The average molecular weight is 244 g/mol. The molecule has 1 saturated heterocycles. The first-order valence-electron chi connectivity index (χ1n) is 5.44. The van der Waals surface area contributed by atoms with Crippen molar-refractivity contribution in [2.75, 3.05) is 19.6 Å². The number of halogens is 1. The van der Waals surface area contributed by atoms with Crippen molar-refractivity contribution in [2.45, 2.75) is 12.8 Å². The van der Waals surface area contributed by atoms with Crippen molar-refractivity contribution in [3.05, 3.63) is 24.0 Å². The molecule has 0 radical (unpaired) electrons. The van der Waals surface area contributed by atoms with Crippen molar-refractivity contribution in [1.29, 1.82) is 0 Å². The topological polar surface area (TPSA) is 62.1 Å². The average Bonchev–Trinajstić information content (AvgIpc) is 2.81. The lowest BCUT2D eigenvalue weighted by atomic mass is 9.98. The summed E-state index contributed by atoms with van der Waals surface area (Å²) in [6.07, 6.45) is 3.98. The maximum atomic E-state index is 12.0. The Morgan fingerprint density at radius 1 is 1.62 bits per heavy atom. The Balaban J connectivity index is 0.00000128. The lowest BCUT2D eigenvalue weighted by Gasteiger charge is -2.31. The Morgan fingerprint density at radius 3 is 3.06 bits per heavy atom. The van der Waals surface area contributed by atoms with E-state index in [4.69, 9.17) is 5.73 Å². The minimum absolute atomic E-state index is 0. The quantitative estimate of drug-likeness (QED) is 0.821. The van der Waals surface area contributed by atoms with E-state index in [1.165, 1.54) is 0 Å². The second kappa shape index (κ2) is 5.92. The van der Waals surface area contributed by atoms with E-state index in [2.05, 4.69) is 4.98 Å². The molecule has 90 valence electrons. The predicted octanol–water partition coefficient (Wildman–Crippen LogP) is 1.25. The third-order valence-electron chi connectivity index (χ3n) is 2.97. The second-order valence-corrected chi connectivity index (χ2v) is 4.08. The summed E-state index contributed by atoms with van der Waals surface area (Å²) in [5.74, 6) is 0.566. The van der Waals surface area contributed by atoms with E-state index in [0.29, 0.717) is 18.2 Å². The van der Waals surface area contributed by atoms with Gasteiger partial charge in [0.15, 0.2) is 0 Å². The molecule has 0 spiro atoms. The molecule has 1 aromatic heterocycles. The summed E-state index contributed by atoms with van der Waals surface area (Å²) in [6, 6.07) is 3.66. The lowest BCUT2D eigenvalue weighted by Crippen LogP contribution is -2.42. The molecule has 0 aliphatic carbocycles. The van der Waals surface area contributed by atoms with Gasteiger partial charge >= 0.3 is 0 Å². The Hall–Kier alpha value is -1.00. The van der Waals surface area contributed by atoms with Crippen LogP contribution in [0.15, 0.2) is 18.3 Å². The van der Waals surface area contributed by atoms with Crippen molar-refractivity contribution in [2.24, 2.45) is 11.7 Å². The van der Waals surface area contributed by atoms with Crippen molar-refractivity contribution in [1.82, 2.24) is 9.88 Å². The van der Waals surface area contributed by atoms with Crippen LogP contribution in [0.1, 0.15) is 23.3 Å². The number of hydrogen-bond acceptors (Lipinski definition) is 2. The Morgan fingerprint density at radius 2 is 2.44 bits per heavy atom. The van der Waals surface area contributed by atoms with E-state index >= 15 is 0 Å². The molecule has 0 bridgehead atoms. The van der Waals surface area contributed by atoms with Gasteiger partial charge in [0.2, 0.25) is 0 Å². The monoisotopic (exact) mass is 243 g/mol. The van der Waals surface area contributed by atoms with Crippen LogP contribution in [0.5, 0.6) is 0 Å². The molecular formula is C11H18ClN3O. The highest BCUT2D eigenvalue weighted by Crippen LogP contribution is 2.16. The number of nitrogens with zero attached hydrogens (tertiary/aromatic N) is 1. The molecule has 2 heterocycles. The van der Waals surface area contributed by atoms with Gasteiger partial charge in [0.1, 0.15) is 5.69 Å². The third-order valence-corrected chi connectivity index (χ3v) is 2.97. The highest BCUT2D eigenvalue weighted by Gasteiger charge is 2.23. The van der Waals surface area contributed by atoms with Crippen LogP contribution in [0.2, 0.25) is 0 Å². The number of piperidine rings is 1. The first-order chi connectivity index (χ1) is 7.31. The lowest BCUT2D eigenvalue weighted by molar-refractivity contribution is 0.0673. The number of aromatic nitrogens is 1. The molecule has 0 aromatic carbocycles. The summed E-state index contributed by atoms with van der Waals surface area (Å²) in [4.78, 5) is 16.8. The van der Waals surface area contributed by atoms with Crippen molar-refractivity contribution in [3.8, 4) is 0 Å². The maximum Gasteiger partial charge on any atom is 0.270 e. The summed E-state index contributed by atoms with van der Waals surface area (Å²) >= 11 is 0. The summed E-state index contributed by atoms with van der Waals surface area (Å²) in [6.45, 7) is 2.33. The molecular weight excluding hydrogens is 226 g/mol. The fraction of sp³-hybridized carbons (Fsp3) is 0.545. The first-order valence-corrected chi connectivity index (χ1v) is 5.44. The Bertz CT molecular complexity index is 326. The predicted molar refractivity (Wildman–Crippen MR) is 65.7 cm³/mol. The molecule has 1 aromatic rings. The number of hydrogen-bond donors (Lipinski definition) is 2. The number of amides is 1. The molecule has 1 amide bonds. The van der Waals surface area contributed by atoms with Crippen LogP contribution >= 0.6 is 12.4 Å². The van der Waals surface area contributed by atoms with Crippen LogP contribution in [0, 0.1) is 5.92 Å². The molecule has 4 nitrogen and oxygen atoms in total. The third kappa shape index (κ3) is 2.77. The van der Waals surface area contributed by atoms with Gasteiger partial charge in [-0.1, -0.05) is 0 Å². The number of rotatable bonds is 2. The molecule has 1 aliphatic heterocycles. The largest absolute Gasteiger partial charge is 0.357 e. The van der Waals surface area contributed by atoms with Gasteiger partial charge in [-0.25, -0.2) is 0 Å². The molecule has 1 fully saturated rings. The standard InChI is InChI=1S/C11H17N3O.ClH/c12-7-9-3-2-6-14(8-9)11(15)10-4-1-5-13-10;/h1,4-5,9,13H,2-3,6-8,12H2;1H. The zero-order valence-corrected chi connectivity index (χ0v) is 10.0. The van der Waals surface area contributed by atoms with Crippen molar-refractivity contribution < 1.29 is 4.79 Å². The summed E-state index contributed by atoms with van der Waals surface area (Å²) in [7, 11) is 0. The minimum Gasteiger partial charge on any atom is -0.357 e. The second-order valence-electron chi connectivity index (χ2n) is 4.08. The normalized spacial score (nSPS) is 20.3. The molecule has 3 N–H and O–H groups in total. The van der Waals surface area contributed by atoms with Gasteiger partial charge < -0.3 is 15.6 Å². The van der Waals surface area contributed by atoms with Crippen molar-refractivity contribution in [3.63, 3.8) is 0 Å². The van der Waals surface area contributed by atoms with Gasteiger partial charge in [0.25, 0.3) is 5.91 Å². The van der Waals surface area contributed by atoms with Crippen LogP contribution < -0.4 is 5.73 Å². The zero-order valence-electron chi connectivity index (χ0n) is 9.19. The molecule has 0 saturated carbocycles. The minimum atomic E-state index is 0. The van der Waals surface area contributed by atoms with E-state index in [-0.39, 0.29) is 18.3 Å². The number of carbonyl (C=O) groups excluding carboxylic acids is 1. The number of nitrogens with one attached hydrogen (secondary N) is 1. The van der Waals surface area contributed by atoms with E-state index in [9.17, 15) is 4.79 Å². The van der Waals surface area contributed by atoms with Gasteiger partial charge in [0, 0.05) is 19.3 Å². The van der Waals surface area contributed by atoms with Crippen LogP contribution in [0.3, 0.4) is 0 Å². The highest BCUT2D eigenvalue weighted by molar-refractivity contribution is 5.92. The van der Waals surface area contributed by atoms with Gasteiger partial charge in [-0.2, -0.15) is 0 Å². The summed E-state index contributed by atoms with van der Waals surface area (Å²) < 4.78 is 0. The molecule has 5 heteroatoms. The Kier molecular flexibility index (Phi) is 4.83. The molecule has 1 atom stereocenters. The number of carbonyl (C=O) groups is 1. The van der Waals surface area contributed by atoms with Crippen LogP contribution in [-0.2, 0) is 0 Å². The van der Waals surface area contributed by atoms with Crippen LogP contribution in [0.25, 0.3) is 0 Å².